The van der Waals surface area contributed by atoms with Crippen molar-refractivity contribution in [2.45, 2.75) is 13.8 Å². The maximum Gasteiger partial charge on any atom is 0.336 e. The number of nitrogen functional groups attached to an aromatic ring is 2. The van der Waals surface area contributed by atoms with E-state index in [0.717, 1.165) is 0 Å². The van der Waals surface area contributed by atoms with Gasteiger partial charge in [0, 0.05) is 27.6 Å². The number of nitrogens with two attached hydrogens (primary N) is 2. The Morgan fingerprint density at radius 2 is 1.69 bits per heavy atom. The zero-order chi connectivity index (χ0) is 21.0. The van der Waals surface area contributed by atoms with Gasteiger partial charge in [-0.05, 0) is 37.6 Å². The number of phenolic OH excluding ortho intramolecular Hbond substituents is 1. The fraction of sp³-hybridized carbons (Fsp3) is 0.0909. The maximum absolute atomic E-state index is 12.4. The lowest BCUT2D eigenvalue weighted by atomic mass is 9.88. The quantitative estimate of drug-likeness (QED) is 0.232. The summed E-state index contributed by atoms with van der Waals surface area (Å²) in [5.41, 5.74) is 14.2. The van der Waals surface area contributed by atoms with Crippen molar-refractivity contribution in [3.63, 3.8) is 0 Å². The average molecular weight is 390 g/mol. The van der Waals surface area contributed by atoms with Gasteiger partial charge in [-0.25, -0.2) is 4.79 Å². The normalized spacial score (nSPS) is 11.2. The van der Waals surface area contributed by atoms with E-state index in [9.17, 15) is 19.8 Å². The fourth-order valence-corrected chi connectivity index (χ4v) is 3.68. The van der Waals surface area contributed by atoms with Crippen LogP contribution in [0.25, 0.3) is 33.4 Å². The van der Waals surface area contributed by atoms with Crippen molar-refractivity contribution >= 4 is 28.3 Å². The molecule has 2 aromatic carbocycles. The number of carboxylic acids is 1. The van der Waals surface area contributed by atoms with Gasteiger partial charge in [-0.1, -0.05) is 18.2 Å². The zero-order valence-electron chi connectivity index (χ0n) is 15.7. The Hall–Kier alpha value is -4.00. The lowest BCUT2D eigenvalue weighted by Gasteiger charge is -2.20. The number of aryl methyl sites for hydroxylation is 1. The van der Waals surface area contributed by atoms with E-state index in [4.69, 9.17) is 15.9 Å². The molecule has 1 heterocycles. The van der Waals surface area contributed by atoms with Crippen LogP contribution in [0.3, 0.4) is 0 Å². The fourth-order valence-electron chi connectivity index (χ4n) is 3.68. The molecule has 29 heavy (non-hydrogen) atoms. The Labute approximate surface area is 165 Å². The first-order chi connectivity index (χ1) is 13.7. The summed E-state index contributed by atoms with van der Waals surface area (Å²) in [7, 11) is 0. The van der Waals surface area contributed by atoms with Crippen LogP contribution < -0.4 is 16.9 Å². The van der Waals surface area contributed by atoms with E-state index >= 15 is 0 Å². The molecular weight excluding hydrogens is 372 g/mol. The highest BCUT2D eigenvalue weighted by atomic mass is 16.4. The number of aromatic carboxylic acids is 1. The predicted octanol–water partition coefficient (Wildman–Crippen LogP) is 3.75. The van der Waals surface area contributed by atoms with Gasteiger partial charge in [0.1, 0.15) is 17.1 Å². The van der Waals surface area contributed by atoms with Gasteiger partial charge in [0.15, 0.2) is 0 Å². The molecule has 2 aliphatic rings. The molecule has 0 amide bonds. The molecule has 0 saturated heterocycles. The number of hydrogen-bond donors (Lipinski definition) is 4. The van der Waals surface area contributed by atoms with Gasteiger partial charge < -0.3 is 26.1 Å². The highest BCUT2D eigenvalue weighted by Gasteiger charge is 2.26. The lowest BCUT2D eigenvalue weighted by molar-refractivity contribution is 0.0697. The second-order valence-corrected chi connectivity index (χ2v) is 6.94. The Kier molecular flexibility index (Phi) is 3.97. The molecule has 0 atom stereocenters. The van der Waals surface area contributed by atoms with Gasteiger partial charge in [0.25, 0.3) is 0 Å². The smallest absolute Gasteiger partial charge is 0.336 e. The number of fused-ring (bicyclic) bond motifs is 2. The van der Waals surface area contributed by atoms with Crippen LogP contribution in [0.4, 0.5) is 11.4 Å². The molecule has 0 radical (unpaired) electrons. The minimum Gasteiger partial charge on any atom is -0.505 e. The third-order valence-electron chi connectivity index (χ3n) is 5.17. The van der Waals surface area contributed by atoms with Crippen LogP contribution in [0.2, 0.25) is 0 Å². The molecule has 6 N–H and O–H groups in total. The SMILES string of the molecule is Cc1c2oc3c(C)c(O)c(N)cc3c(-c3ccccc3C(=O)O)c-2cc(N)c1=O. The van der Waals surface area contributed by atoms with Gasteiger partial charge in [-0.2, -0.15) is 0 Å². The molecule has 0 unspecified atom stereocenters. The molecule has 0 saturated carbocycles. The van der Waals surface area contributed by atoms with Crippen LogP contribution in [0.5, 0.6) is 5.75 Å². The summed E-state index contributed by atoms with van der Waals surface area (Å²) in [6, 6.07) is 9.54. The summed E-state index contributed by atoms with van der Waals surface area (Å²) >= 11 is 0. The van der Waals surface area contributed by atoms with Crippen LogP contribution in [0.15, 0.2) is 45.6 Å². The summed E-state index contributed by atoms with van der Waals surface area (Å²) in [5, 5.41) is 20.5. The lowest BCUT2D eigenvalue weighted by Crippen LogP contribution is -2.13. The van der Waals surface area contributed by atoms with Gasteiger partial charge in [0.2, 0.25) is 5.43 Å². The van der Waals surface area contributed by atoms with E-state index < -0.39 is 5.97 Å². The summed E-state index contributed by atoms with van der Waals surface area (Å²) in [4.78, 5) is 24.3. The van der Waals surface area contributed by atoms with Gasteiger partial charge in [0.05, 0.1) is 16.9 Å². The van der Waals surface area contributed by atoms with E-state index in [1.165, 1.54) is 18.2 Å². The van der Waals surface area contributed by atoms with Gasteiger partial charge >= 0.3 is 5.97 Å². The van der Waals surface area contributed by atoms with Crippen LogP contribution in [0.1, 0.15) is 21.5 Å². The molecule has 0 aromatic heterocycles. The molecule has 1 aliphatic carbocycles. The molecule has 2 aromatic rings. The Morgan fingerprint density at radius 3 is 2.38 bits per heavy atom. The minimum absolute atomic E-state index is 0.0297. The molecule has 7 heteroatoms. The highest BCUT2D eigenvalue weighted by Crippen LogP contribution is 2.46. The van der Waals surface area contributed by atoms with Crippen molar-refractivity contribution in [3.05, 3.63) is 63.3 Å². The number of rotatable bonds is 2. The zero-order valence-corrected chi connectivity index (χ0v) is 15.7. The highest BCUT2D eigenvalue weighted by molar-refractivity contribution is 6.09. The van der Waals surface area contributed by atoms with Crippen molar-refractivity contribution in [1.82, 2.24) is 0 Å². The van der Waals surface area contributed by atoms with Crippen molar-refractivity contribution in [2.24, 2.45) is 0 Å². The summed E-state index contributed by atoms with van der Waals surface area (Å²) < 4.78 is 6.02. The Balaban J connectivity index is 2.34. The Morgan fingerprint density at radius 1 is 1.00 bits per heavy atom. The maximum atomic E-state index is 12.4. The van der Waals surface area contributed by atoms with Gasteiger partial charge in [-0.15, -0.1) is 0 Å². The van der Waals surface area contributed by atoms with Crippen molar-refractivity contribution in [1.29, 1.82) is 0 Å². The molecule has 0 spiro atoms. The second-order valence-electron chi connectivity index (χ2n) is 6.94. The van der Waals surface area contributed by atoms with Crippen molar-refractivity contribution in [3.8, 4) is 28.2 Å². The third-order valence-corrected chi connectivity index (χ3v) is 5.17. The number of anilines is 2. The number of hydrogen-bond acceptors (Lipinski definition) is 6. The van der Waals surface area contributed by atoms with E-state index in [-0.39, 0.29) is 33.9 Å². The molecular formula is C22H18N2O5. The molecule has 0 fully saturated rings. The van der Waals surface area contributed by atoms with E-state index in [0.29, 0.717) is 38.8 Å². The van der Waals surface area contributed by atoms with Crippen LogP contribution in [-0.4, -0.2) is 16.2 Å². The minimum atomic E-state index is -1.10. The molecule has 1 aliphatic heterocycles. The number of aromatic hydroxyl groups is 1. The summed E-state index contributed by atoms with van der Waals surface area (Å²) in [6.07, 6.45) is 0. The molecule has 7 nitrogen and oxygen atoms in total. The first kappa shape index (κ1) is 18.4. The van der Waals surface area contributed by atoms with Crippen molar-refractivity contribution in [2.75, 3.05) is 11.5 Å². The van der Waals surface area contributed by atoms with Crippen LogP contribution >= 0.6 is 0 Å². The Bertz CT molecular complexity index is 1350. The molecule has 4 rings (SSSR count). The first-order valence-electron chi connectivity index (χ1n) is 8.82. The topological polar surface area (TPSA) is 140 Å². The molecule has 146 valence electrons. The monoisotopic (exact) mass is 390 g/mol. The third kappa shape index (κ3) is 2.59. The first-order valence-corrected chi connectivity index (χ1v) is 8.82. The standard InChI is InChI=1S/C22H18N2O5/c1-9-18(25)15(23)7-13-17(11-5-3-4-6-12(11)22(27)28)14-8-16(24)19(26)10(2)21(14)29-20(9)13/h3-8,25H,23-24H2,1-2H3,(H,27,28). The van der Waals surface area contributed by atoms with E-state index in [1.807, 2.05) is 0 Å². The molecule has 0 bridgehead atoms. The van der Waals surface area contributed by atoms with Crippen molar-refractivity contribution < 1.29 is 19.4 Å². The average Bonchev–Trinajstić information content (AvgIpc) is 2.69. The van der Waals surface area contributed by atoms with Gasteiger partial charge in [-0.3, -0.25) is 4.79 Å². The van der Waals surface area contributed by atoms with E-state index in [2.05, 4.69) is 0 Å². The number of carbonyl (C=O) groups is 1. The van der Waals surface area contributed by atoms with Crippen LogP contribution in [-0.2, 0) is 0 Å². The summed E-state index contributed by atoms with van der Waals surface area (Å²) in [6.45, 7) is 3.23. The number of benzene rings is 3. The largest absolute Gasteiger partial charge is 0.505 e. The number of phenols is 1. The summed E-state index contributed by atoms with van der Waals surface area (Å²) in [5.74, 6) is -0.955. The predicted molar refractivity (Wildman–Crippen MR) is 111 cm³/mol. The number of carboxylic acid groups (broad SMARTS) is 1. The second kappa shape index (κ2) is 6.27. The van der Waals surface area contributed by atoms with Crippen LogP contribution in [0, 0.1) is 13.8 Å². The van der Waals surface area contributed by atoms with E-state index in [1.54, 1.807) is 32.0 Å².